The van der Waals surface area contributed by atoms with E-state index < -0.39 is 0 Å². The van der Waals surface area contributed by atoms with Gasteiger partial charge in [0.05, 0.1) is 11.1 Å². The molecule has 36 heavy (non-hydrogen) atoms. The zero-order valence-corrected chi connectivity index (χ0v) is 21.0. The monoisotopic (exact) mass is 483 g/mol. The molecule has 0 aromatic heterocycles. The summed E-state index contributed by atoms with van der Waals surface area (Å²) in [5, 5.41) is 10.7. The van der Waals surface area contributed by atoms with E-state index in [1.54, 1.807) is 18.2 Å². The number of fused-ring (bicyclic) bond motifs is 1. The fraction of sp³-hybridized carbons (Fsp3) is 0.300. The number of Topliss-reactive ketones (excluding diaryl/α,β-unsaturated/α-hetero) is 1. The summed E-state index contributed by atoms with van der Waals surface area (Å²) in [4.78, 5) is 20.1. The average Bonchev–Trinajstić information content (AvgIpc) is 3.23. The van der Waals surface area contributed by atoms with Crippen LogP contribution in [0.25, 0.3) is 6.08 Å². The van der Waals surface area contributed by atoms with Crippen molar-refractivity contribution < 1.29 is 14.6 Å². The first-order valence-corrected chi connectivity index (χ1v) is 12.7. The van der Waals surface area contributed by atoms with Gasteiger partial charge >= 0.3 is 0 Å². The van der Waals surface area contributed by atoms with E-state index in [1.807, 2.05) is 18.2 Å². The highest BCUT2D eigenvalue weighted by Gasteiger charge is 2.32. The van der Waals surface area contributed by atoms with Crippen LogP contribution < -0.4 is 14.5 Å². The molecule has 0 aliphatic carbocycles. The lowest BCUT2D eigenvalue weighted by molar-refractivity contribution is 0.101. The number of benzene rings is 3. The number of para-hydroxylation sites is 1. The zero-order chi connectivity index (χ0) is 25.1. The number of aromatic hydroxyl groups is 1. The number of hydrogen-bond donors (Lipinski definition) is 1. The van der Waals surface area contributed by atoms with E-state index in [2.05, 4.69) is 64.9 Å². The Morgan fingerprint density at radius 3 is 2.28 bits per heavy atom. The molecular formula is C30H33N3O3. The van der Waals surface area contributed by atoms with Gasteiger partial charge in [0.2, 0.25) is 5.78 Å². The molecule has 3 aromatic carbocycles. The first-order chi connectivity index (χ1) is 17.6. The number of anilines is 2. The van der Waals surface area contributed by atoms with Crippen LogP contribution in [0.4, 0.5) is 11.4 Å². The molecular weight excluding hydrogens is 450 g/mol. The third kappa shape index (κ3) is 4.82. The zero-order valence-electron chi connectivity index (χ0n) is 21.0. The summed E-state index contributed by atoms with van der Waals surface area (Å²) in [7, 11) is 0. The number of allylic oxidation sites excluding steroid dienone is 1. The second-order valence-corrected chi connectivity index (χ2v) is 9.24. The molecule has 0 unspecified atom stereocenters. The van der Waals surface area contributed by atoms with Crippen LogP contribution >= 0.6 is 0 Å². The van der Waals surface area contributed by atoms with E-state index in [4.69, 9.17) is 4.74 Å². The van der Waals surface area contributed by atoms with Gasteiger partial charge in [0.1, 0.15) is 11.5 Å². The standard InChI is InChI=1S/C30H33N3O3/c1-3-32(4-2)24-12-10-22(11-13-24)20-28-29(35)25-14-15-27(34)26(30(25)36-28)21-31-16-18-33(19-17-31)23-8-6-5-7-9-23/h5-15,20,34H,3-4,16-19,21H2,1-2H3/b28-20+. The summed E-state index contributed by atoms with van der Waals surface area (Å²) >= 11 is 0. The molecule has 0 saturated carbocycles. The van der Waals surface area contributed by atoms with Gasteiger partial charge in [-0.3, -0.25) is 9.69 Å². The van der Waals surface area contributed by atoms with Gasteiger partial charge in [0, 0.05) is 57.2 Å². The first-order valence-electron chi connectivity index (χ1n) is 12.7. The predicted octanol–water partition coefficient (Wildman–Crippen LogP) is 5.18. The molecule has 0 spiro atoms. The lowest BCUT2D eigenvalue weighted by Gasteiger charge is -2.36. The summed E-state index contributed by atoms with van der Waals surface area (Å²) in [6, 6.07) is 21.8. The summed E-state index contributed by atoms with van der Waals surface area (Å²) in [6.45, 7) is 10.3. The average molecular weight is 484 g/mol. The van der Waals surface area contributed by atoms with Crippen LogP contribution in [0.3, 0.4) is 0 Å². The minimum absolute atomic E-state index is 0.145. The number of carbonyl (C=O) groups is 1. The third-order valence-electron chi connectivity index (χ3n) is 7.11. The molecule has 2 heterocycles. The molecule has 186 valence electrons. The van der Waals surface area contributed by atoms with Crippen LogP contribution in [0, 0.1) is 0 Å². The second-order valence-electron chi connectivity index (χ2n) is 9.24. The van der Waals surface area contributed by atoms with E-state index in [0.29, 0.717) is 29.2 Å². The summed E-state index contributed by atoms with van der Waals surface area (Å²) < 4.78 is 6.09. The van der Waals surface area contributed by atoms with Crippen LogP contribution in [-0.4, -0.2) is 55.1 Å². The van der Waals surface area contributed by atoms with Crippen molar-refractivity contribution in [2.24, 2.45) is 0 Å². The number of rotatable bonds is 7. The number of hydrogen-bond acceptors (Lipinski definition) is 6. The van der Waals surface area contributed by atoms with Gasteiger partial charge in [-0.15, -0.1) is 0 Å². The van der Waals surface area contributed by atoms with Crippen molar-refractivity contribution in [1.29, 1.82) is 0 Å². The quantitative estimate of drug-likeness (QED) is 0.468. The maximum absolute atomic E-state index is 13.1. The Labute approximate surface area is 213 Å². The highest BCUT2D eigenvalue weighted by molar-refractivity contribution is 6.15. The Hall–Kier alpha value is -3.77. The van der Waals surface area contributed by atoms with Crippen molar-refractivity contribution in [2.75, 3.05) is 49.1 Å². The van der Waals surface area contributed by atoms with Gasteiger partial charge in [-0.25, -0.2) is 0 Å². The molecule has 1 N–H and O–H groups in total. The molecule has 6 heteroatoms. The fourth-order valence-electron chi connectivity index (χ4n) is 5.00. The Morgan fingerprint density at radius 2 is 1.61 bits per heavy atom. The van der Waals surface area contributed by atoms with Crippen LogP contribution in [0.15, 0.2) is 72.5 Å². The first kappa shape index (κ1) is 23.9. The molecule has 0 amide bonds. The molecule has 1 fully saturated rings. The lowest BCUT2D eigenvalue weighted by atomic mass is 10.0. The van der Waals surface area contributed by atoms with Crippen LogP contribution in [-0.2, 0) is 6.54 Å². The maximum Gasteiger partial charge on any atom is 0.231 e. The summed E-state index contributed by atoms with van der Waals surface area (Å²) in [6.07, 6.45) is 1.79. The molecule has 0 radical (unpaired) electrons. The Balaban J connectivity index is 1.30. The van der Waals surface area contributed by atoms with Crippen molar-refractivity contribution in [2.45, 2.75) is 20.4 Å². The molecule has 1 saturated heterocycles. The fourth-order valence-corrected chi connectivity index (χ4v) is 5.00. The highest BCUT2D eigenvalue weighted by Crippen LogP contribution is 2.40. The molecule has 0 bridgehead atoms. The predicted molar refractivity (Wildman–Crippen MR) is 145 cm³/mol. The smallest absolute Gasteiger partial charge is 0.231 e. The number of ketones is 1. The number of ether oxygens (including phenoxy) is 1. The van der Waals surface area contributed by atoms with Gasteiger partial charge < -0.3 is 19.6 Å². The van der Waals surface area contributed by atoms with Gasteiger partial charge in [-0.2, -0.15) is 0 Å². The molecule has 6 nitrogen and oxygen atoms in total. The topological polar surface area (TPSA) is 56.3 Å². The van der Waals surface area contributed by atoms with Gasteiger partial charge in [-0.05, 0) is 61.9 Å². The van der Waals surface area contributed by atoms with E-state index in [-0.39, 0.29) is 11.5 Å². The Morgan fingerprint density at radius 1 is 0.917 bits per heavy atom. The highest BCUT2D eigenvalue weighted by atomic mass is 16.5. The number of nitrogens with zero attached hydrogens (tertiary/aromatic N) is 3. The number of phenolic OH excluding ortho intramolecular Hbond substituents is 1. The van der Waals surface area contributed by atoms with Crippen LogP contribution in [0.2, 0.25) is 0 Å². The van der Waals surface area contributed by atoms with Crippen molar-refractivity contribution in [3.63, 3.8) is 0 Å². The number of carbonyl (C=O) groups excluding carboxylic acids is 1. The maximum atomic E-state index is 13.1. The summed E-state index contributed by atoms with van der Waals surface area (Å²) in [5.41, 5.74) is 4.48. The Kier molecular flexibility index (Phi) is 6.96. The molecule has 3 aromatic rings. The van der Waals surface area contributed by atoms with Gasteiger partial charge in [-0.1, -0.05) is 30.3 Å². The molecule has 0 atom stereocenters. The van der Waals surface area contributed by atoms with E-state index in [0.717, 1.165) is 50.5 Å². The minimum Gasteiger partial charge on any atom is -0.507 e. The van der Waals surface area contributed by atoms with Crippen LogP contribution in [0.1, 0.15) is 35.3 Å². The van der Waals surface area contributed by atoms with Gasteiger partial charge in [0.25, 0.3) is 0 Å². The molecule has 2 aliphatic heterocycles. The molecule has 2 aliphatic rings. The number of phenols is 1. The minimum atomic E-state index is -0.145. The van der Waals surface area contributed by atoms with Crippen molar-refractivity contribution in [1.82, 2.24) is 4.90 Å². The summed E-state index contributed by atoms with van der Waals surface area (Å²) in [5.74, 6) is 0.794. The Bertz CT molecular complexity index is 1240. The van der Waals surface area contributed by atoms with Crippen molar-refractivity contribution in [3.8, 4) is 11.5 Å². The second kappa shape index (κ2) is 10.5. The third-order valence-corrected chi connectivity index (χ3v) is 7.11. The lowest BCUT2D eigenvalue weighted by Crippen LogP contribution is -2.46. The number of piperazine rings is 1. The normalized spacial score (nSPS) is 16.8. The van der Waals surface area contributed by atoms with E-state index in [1.165, 1.54) is 5.69 Å². The van der Waals surface area contributed by atoms with Crippen LogP contribution in [0.5, 0.6) is 11.5 Å². The largest absolute Gasteiger partial charge is 0.507 e. The van der Waals surface area contributed by atoms with Crippen molar-refractivity contribution in [3.05, 3.63) is 89.2 Å². The van der Waals surface area contributed by atoms with E-state index in [9.17, 15) is 9.90 Å². The molecule has 5 rings (SSSR count). The van der Waals surface area contributed by atoms with Crippen molar-refractivity contribution >= 4 is 23.2 Å². The SMILES string of the molecule is CCN(CC)c1ccc(/C=C2/Oc3c(ccc(O)c3CN3CCN(c4ccccc4)CC3)C2=O)cc1. The van der Waals surface area contributed by atoms with Gasteiger partial charge in [0.15, 0.2) is 5.76 Å². The van der Waals surface area contributed by atoms with E-state index >= 15 is 0 Å².